The Morgan fingerprint density at radius 3 is 2.73 bits per heavy atom. The molecule has 1 unspecified atom stereocenters. The van der Waals surface area contributed by atoms with E-state index in [0.29, 0.717) is 17.9 Å². The van der Waals surface area contributed by atoms with Gasteiger partial charge in [0.15, 0.2) is 0 Å². The van der Waals surface area contributed by atoms with Gasteiger partial charge in [-0.25, -0.2) is 4.39 Å². The van der Waals surface area contributed by atoms with E-state index >= 15 is 0 Å². The van der Waals surface area contributed by atoms with Crippen LogP contribution in [0.25, 0.3) is 0 Å². The quantitative estimate of drug-likeness (QED) is 0.865. The van der Waals surface area contributed by atoms with Gasteiger partial charge in [0.2, 0.25) is 0 Å². The summed E-state index contributed by atoms with van der Waals surface area (Å²) in [5.74, 6) is 0.0215. The molecule has 0 aliphatic heterocycles. The second-order valence-corrected chi connectivity index (χ2v) is 3.84. The predicted octanol–water partition coefficient (Wildman–Crippen LogP) is 2.94. The minimum atomic E-state index is -0.406. The first-order valence-corrected chi connectivity index (χ1v) is 5.21. The number of hydrogen-bond donors (Lipinski definition) is 1. The molecule has 2 nitrogen and oxygen atoms in total. The summed E-state index contributed by atoms with van der Waals surface area (Å²) in [4.78, 5) is 0. The van der Waals surface area contributed by atoms with Gasteiger partial charge in [-0.15, -0.1) is 0 Å². The first-order valence-electron chi connectivity index (χ1n) is 4.83. The summed E-state index contributed by atoms with van der Waals surface area (Å²) < 4.78 is 18.7. The summed E-state index contributed by atoms with van der Waals surface area (Å²) in [5, 5.41) is 0.0406. The van der Waals surface area contributed by atoms with E-state index < -0.39 is 5.82 Å². The Hall–Kier alpha value is -0.800. The molecule has 0 fully saturated rings. The highest BCUT2D eigenvalue weighted by atomic mass is 35.5. The standard InChI is InChI=1S/C11H15ClFNO/c1-7(5-6-14)8-3-4-9(15-2)10(12)11(8)13/h3-4,7H,5-6,14H2,1-2H3. The average Bonchev–Trinajstić information content (AvgIpc) is 2.22. The van der Waals surface area contributed by atoms with Gasteiger partial charge in [0, 0.05) is 0 Å². The Morgan fingerprint density at radius 1 is 1.53 bits per heavy atom. The lowest BCUT2D eigenvalue weighted by Crippen LogP contribution is -2.06. The molecular formula is C11H15ClFNO. The monoisotopic (exact) mass is 231 g/mol. The molecule has 15 heavy (non-hydrogen) atoms. The highest BCUT2D eigenvalue weighted by molar-refractivity contribution is 6.32. The second kappa shape index (κ2) is 5.33. The van der Waals surface area contributed by atoms with Crippen LogP contribution < -0.4 is 10.5 Å². The van der Waals surface area contributed by atoms with Crippen LogP contribution in [-0.4, -0.2) is 13.7 Å². The number of methoxy groups -OCH3 is 1. The van der Waals surface area contributed by atoms with Gasteiger partial charge >= 0.3 is 0 Å². The normalized spacial score (nSPS) is 12.6. The first-order chi connectivity index (χ1) is 7.11. The van der Waals surface area contributed by atoms with Gasteiger partial charge in [-0.1, -0.05) is 24.6 Å². The third-order valence-electron chi connectivity index (χ3n) is 2.43. The van der Waals surface area contributed by atoms with Crippen molar-refractivity contribution in [3.05, 3.63) is 28.5 Å². The summed E-state index contributed by atoms with van der Waals surface area (Å²) >= 11 is 5.81. The van der Waals surface area contributed by atoms with Crippen LogP contribution in [0.15, 0.2) is 12.1 Å². The Labute approximate surface area is 94.2 Å². The summed E-state index contributed by atoms with van der Waals surface area (Å²) in [6.07, 6.45) is 0.736. The van der Waals surface area contributed by atoms with Crippen LogP contribution in [0.4, 0.5) is 4.39 Å². The van der Waals surface area contributed by atoms with E-state index in [2.05, 4.69) is 0 Å². The lowest BCUT2D eigenvalue weighted by Gasteiger charge is -2.13. The van der Waals surface area contributed by atoms with E-state index in [1.807, 2.05) is 6.92 Å². The maximum absolute atomic E-state index is 13.8. The Morgan fingerprint density at radius 2 is 2.20 bits per heavy atom. The average molecular weight is 232 g/mol. The molecule has 84 valence electrons. The van der Waals surface area contributed by atoms with Gasteiger partial charge < -0.3 is 10.5 Å². The van der Waals surface area contributed by atoms with Crippen molar-refractivity contribution < 1.29 is 9.13 Å². The molecule has 0 saturated heterocycles. The second-order valence-electron chi connectivity index (χ2n) is 3.46. The molecule has 4 heteroatoms. The van der Waals surface area contributed by atoms with Gasteiger partial charge in [-0.05, 0) is 30.5 Å². The van der Waals surface area contributed by atoms with E-state index in [1.165, 1.54) is 7.11 Å². The van der Waals surface area contributed by atoms with E-state index in [9.17, 15) is 4.39 Å². The molecule has 1 atom stereocenters. The number of benzene rings is 1. The Bertz CT molecular complexity index is 344. The fourth-order valence-corrected chi connectivity index (χ4v) is 1.74. The number of halogens is 2. The fourth-order valence-electron chi connectivity index (χ4n) is 1.49. The highest BCUT2D eigenvalue weighted by Gasteiger charge is 2.16. The molecule has 0 bridgehead atoms. The van der Waals surface area contributed by atoms with E-state index in [0.717, 1.165) is 6.42 Å². The van der Waals surface area contributed by atoms with E-state index in [1.54, 1.807) is 12.1 Å². The number of ether oxygens (including phenoxy) is 1. The minimum Gasteiger partial charge on any atom is -0.495 e. The lowest BCUT2D eigenvalue weighted by molar-refractivity contribution is 0.410. The zero-order valence-corrected chi connectivity index (χ0v) is 9.64. The van der Waals surface area contributed by atoms with Crippen LogP contribution >= 0.6 is 11.6 Å². The van der Waals surface area contributed by atoms with Crippen molar-refractivity contribution in [2.45, 2.75) is 19.3 Å². The molecule has 0 aromatic heterocycles. The third kappa shape index (κ3) is 2.61. The van der Waals surface area contributed by atoms with Crippen molar-refractivity contribution in [3.63, 3.8) is 0 Å². The third-order valence-corrected chi connectivity index (χ3v) is 2.78. The Kier molecular flexibility index (Phi) is 4.36. The van der Waals surface area contributed by atoms with Crippen molar-refractivity contribution in [3.8, 4) is 5.75 Å². The van der Waals surface area contributed by atoms with Crippen LogP contribution in [0.2, 0.25) is 5.02 Å². The molecule has 1 aromatic rings. The van der Waals surface area contributed by atoms with Crippen LogP contribution in [0.3, 0.4) is 0 Å². The van der Waals surface area contributed by atoms with Crippen LogP contribution in [0, 0.1) is 5.82 Å². The SMILES string of the molecule is COc1ccc(C(C)CCN)c(F)c1Cl. The molecule has 0 aliphatic rings. The molecule has 2 N–H and O–H groups in total. The zero-order chi connectivity index (χ0) is 11.4. The molecule has 0 radical (unpaired) electrons. The van der Waals surface area contributed by atoms with Gasteiger partial charge in [0.25, 0.3) is 0 Å². The molecule has 1 rings (SSSR count). The molecule has 0 saturated carbocycles. The molecule has 0 spiro atoms. The fraction of sp³-hybridized carbons (Fsp3) is 0.455. The molecule has 0 aliphatic carbocycles. The van der Waals surface area contributed by atoms with Crippen molar-refractivity contribution >= 4 is 11.6 Å². The first kappa shape index (κ1) is 12.3. The van der Waals surface area contributed by atoms with Crippen LogP contribution in [0.1, 0.15) is 24.8 Å². The summed E-state index contributed by atoms with van der Waals surface area (Å²) in [5.41, 5.74) is 6.02. The molecule has 1 aromatic carbocycles. The maximum atomic E-state index is 13.8. The zero-order valence-electron chi connectivity index (χ0n) is 8.89. The summed E-state index contributed by atoms with van der Waals surface area (Å²) in [6, 6.07) is 3.37. The number of nitrogens with two attached hydrogens (primary N) is 1. The maximum Gasteiger partial charge on any atom is 0.149 e. The van der Waals surface area contributed by atoms with Crippen LogP contribution in [0.5, 0.6) is 5.75 Å². The predicted molar refractivity (Wildman–Crippen MR) is 60.0 cm³/mol. The van der Waals surface area contributed by atoms with E-state index in [-0.39, 0.29) is 10.9 Å². The van der Waals surface area contributed by atoms with Gasteiger partial charge in [0.05, 0.1) is 7.11 Å². The summed E-state index contributed by atoms with van der Waals surface area (Å²) in [7, 11) is 1.46. The van der Waals surface area contributed by atoms with Gasteiger partial charge in [-0.3, -0.25) is 0 Å². The largest absolute Gasteiger partial charge is 0.495 e. The van der Waals surface area contributed by atoms with Crippen molar-refractivity contribution in [2.24, 2.45) is 5.73 Å². The smallest absolute Gasteiger partial charge is 0.149 e. The van der Waals surface area contributed by atoms with Gasteiger partial charge in [-0.2, -0.15) is 0 Å². The Balaban J connectivity index is 3.06. The number of rotatable bonds is 4. The highest BCUT2D eigenvalue weighted by Crippen LogP contribution is 2.33. The van der Waals surface area contributed by atoms with Crippen molar-refractivity contribution in [2.75, 3.05) is 13.7 Å². The van der Waals surface area contributed by atoms with E-state index in [4.69, 9.17) is 22.1 Å². The van der Waals surface area contributed by atoms with Crippen molar-refractivity contribution in [1.82, 2.24) is 0 Å². The minimum absolute atomic E-state index is 0.0406. The van der Waals surface area contributed by atoms with Crippen LogP contribution in [-0.2, 0) is 0 Å². The van der Waals surface area contributed by atoms with Gasteiger partial charge in [0.1, 0.15) is 16.6 Å². The molecule has 0 amide bonds. The molecular weight excluding hydrogens is 217 g/mol. The summed E-state index contributed by atoms with van der Waals surface area (Å²) in [6.45, 7) is 2.46. The lowest BCUT2D eigenvalue weighted by atomic mass is 9.97. The number of hydrogen-bond acceptors (Lipinski definition) is 2. The topological polar surface area (TPSA) is 35.2 Å². The molecule has 0 heterocycles. The van der Waals surface area contributed by atoms with Crippen molar-refractivity contribution in [1.29, 1.82) is 0 Å².